The zero-order chi connectivity index (χ0) is 24.9. The minimum absolute atomic E-state index is 0.0331. The van der Waals surface area contributed by atoms with Crippen molar-refractivity contribution in [2.75, 3.05) is 0 Å². The predicted octanol–water partition coefficient (Wildman–Crippen LogP) is 5.05. The number of amides is 1. The summed E-state index contributed by atoms with van der Waals surface area (Å²) in [6, 6.07) is 13.3. The van der Waals surface area contributed by atoms with E-state index in [4.69, 9.17) is 4.52 Å². The predicted molar refractivity (Wildman–Crippen MR) is 131 cm³/mol. The molecule has 0 aliphatic heterocycles. The average molecular weight is 460 g/mol. The number of aromatic nitrogens is 2. The lowest BCUT2D eigenvalue weighted by atomic mass is 9.86. The van der Waals surface area contributed by atoms with Gasteiger partial charge in [-0.25, -0.2) is 4.79 Å². The van der Waals surface area contributed by atoms with Crippen molar-refractivity contribution in [2.45, 2.75) is 45.6 Å². The molecular weight excluding hydrogens is 430 g/mol. The van der Waals surface area contributed by atoms with Crippen LogP contribution in [0.15, 0.2) is 71.8 Å². The third-order valence-electron chi connectivity index (χ3n) is 5.40. The Bertz CT molecular complexity index is 1200. The van der Waals surface area contributed by atoms with Crippen LogP contribution in [0.1, 0.15) is 55.0 Å². The fourth-order valence-corrected chi connectivity index (χ4v) is 3.33. The Morgan fingerprint density at radius 1 is 1.12 bits per heavy atom. The SMILES string of the molecule is C=CC=C(C)c1noc(-c2ccc(CC(NC(=O)c3ccc(C(C)(C)C)cc3)C(=O)O)cc2)n1. The summed E-state index contributed by atoms with van der Waals surface area (Å²) in [4.78, 5) is 28.8. The van der Waals surface area contributed by atoms with Crippen molar-refractivity contribution in [1.29, 1.82) is 0 Å². The maximum atomic E-state index is 12.6. The van der Waals surface area contributed by atoms with E-state index < -0.39 is 17.9 Å². The highest BCUT2D eigenvalue weighted by Gasteiger charge is 2.22. The molecule has 0 saturated heterocycles. The van der Waals surface area contributed by atoms with Crippen molar-refractivity contribution in [3.8, 4) is 11.5 Å². The first kappa shape index (κ1) is 24.6. The van der Waals surface area contributed by atoms with Crippen molar-refractivity contribution in [3.05, 3.63) is 89.8 Å². The van der Waals surface area contributed by atoms with Gasteiger partial charge in [-0.15, -0.1) is 0 Å². The second kappa shape index (κ2) is 10.3. The van der Waals surface area contributed by atoms with Gasteiger partial charge in [-0.1, -0.05) is 68.9 Å². The van der Waals surface area contributed by atoms with Crippen LogP contribution in [-0.2, 0) is 16.6 Å². The number of rotatable bonds is 8. The van der Waals surface area contributed by atoms with Crippen LogP contribution >= 0.6 is 0 Å². The number of carboxylic acid groups (broad SMARTS) is 1. The van der Waals surface area contributed by atoms with Gasteiger partial charge < -0.3 is 14.9 Å². The number of hydrogen-bond donors (Lipinski definition) is 2. The summed E-state index contributed by atoms with van der Waals surface area (Å²) in [6.07, 6.45) is 3.58. The van der Waals surface area contributed by atoms with E-state index in [-0.39, 0.29) is 11.8 Å². The van der Waals surface area contributed by atoms with E-state index in [2.05, 4.69) is 42.8 Å². The molecule has 0 aliphatic rings. The van der Waals surface area contributed by atoms with Crippen molar-refractivity contribution < 1.29 is 19.2 Å². The first-order chi connectivity index (χ1) is 16.1. The number of hydrogen-bond acceptors (Lipinski definition) is 5. The molecule has 7 heteroatoms. The first-order valence-corrected chi connectivity index (χ1v) is 11.0. The molecule has 0 spiro atoms. The van der Waals surface area contributed by atoms with Crippen LogP contribution in [0.25, 0.3) is 17.0 Å². The molecule has 0 aliphatic carbocycles. The van der Waals surface area contributed by atoms with Gasteiger partial charge in [-0.3, -0.25) is 4.79 Å². The average Bonchev–Trinajstić information content (AvgIpc) is 3.29. The van der Waals surface area contributed by atoms with E-state index in [0.29, 0.717) is 22.8 Å². The third-order valence-corrected chi connectivity index (χ3v) is 5.40. The van der Waals surface area contributed by atoms with Gasteiger partial charge in [0.15, 0.2) is 5.82 Å². The molecule has 0 radical (unpaired) electrons. The van der Waals surface area contributed by atoms with Crippen LogP contribution < -0.4 is 5.32 Å². The topological polar surface area (TPSA) is 105 Å². The van der Waals surface area contributed by atoms with E-state index in [0.717, 1.165) is 16.7 Å². The Labute approximate surface area is 199 Å². The van der Waals surface area contributed by atoms with Crippen molar-refractivity contribution >= 4 is 17.4 Å². The van der Waals surface area contributed by atoms with E-state index >= 15 is 0 Å². The van der Waals surface area contributed by atoms with Gasteiger partial charge in [0, 0.05) is 17.5 Å². The van der Waals surface area contributed by atoms with Crippen LogP contribution in [0.3, 0.4) is 0 Å². The fraction of sp³-hybridized carbons (Fsp3) is 0.259. The molecule has 7 nitrogen and oxygen atoms in total. The number of nitrogens with zero attached hydrogens (tertiary/aromatic N) is 2. The van der Waals surface area contributed by atoms with E-state index in [1.165, 1.54) is 0 Å². The van der Waals surface area contributed by atoms with Crippen molar-refractivity contribution in [2.24, 2.45) is 0 Å². The largest absolute Gasteiger partial charge is 0.480 e. The van der Waals surface area contributed by atoms with Crippen LogP contribution in [0.5, 0.6) is 0 Å². The number of aliphatic carboxylic acids is 1. The second-order valence-corrected chi connectivity index (χ2v) is 9.10. The number of allylic oxidation sites excluding steroid dienone is 3. The maximum absolute atomic E-state index is 12.6. The Morgan fingerprint density at radius 2 is 1.76 bits per heavy atom. The summed E-state index contributed by atoms with van der Waals surface area (Å²) in [5, 5.41) is 16.2. The number of benzene rings is 2. The molecular formula is C27H29N3O4. The molecule has 3 aromatic rings. The molecule has 1 amide bonds. The number of nitrogens with one attached hydrogen (secondary N) is 1. The minimum atomic E-state index is -1.10. The molecule has 1 atom stereocenters. The molecule has 176 valence electrons. The van der Waals surface area contributed by atoms with Gasteiger partial charge >= 0.3 is 5.97 Å². The quantitative estimate of drug-likeness (QED) is 0.457. The highest BCUT2D eigenvalue weighted by molar-refractivity contribution is 5.96. The molecule has 2 aromatic carbocycles. The Morgan fingerprint density at radius 3 is 2.32 bits per heavy atom. The van der Waals surface area contributed by atoms with Crippen LogP contribution in [0.2, 0.25) is 0 Å². The van der Waals surface area contributed by atoms with E-state index in [1.54, 1.807) is 48.6 Å². The number of carbonyl (C=O) groups is 2. The standard InChI is InChI=1S/C27H29N3O4/c1-6-7-17(2)23-29-25(34-30-23)20-10-8-18(9-11-20)16-22(26(32)33)28-24(31)19-12-14-21(15-13-19)27(3,4)5/h6-15,22H,1,16H2,2-5H3,(H,28,31)(H,32,33). The Balaban J connectivity index is 1.69. The summed E-state index contributed by atoms with van der Waals surface area (Å²) in [7, 11) is 0. The molecule has 1 unspecified atom stereocenters. The summed E-state index contributed by atoms with van der Waals surface area (Å²) in [5.41, 5.74) is 3.77. The lowest BCUT2D eigenvalue weighted by Crippen LogP contribution is -2.42. The van der Waals surface area contributed by atoms with E-state index in [1.807, 2.05) is 19.1 Å². The summed E-state index contributed by atoms with van der Waals surface area (Å²) in [6.45, 7) is 11.8. The lowest BCUT2D eigenvalue weighted by molar-refractivity contribution is -0.139. The molecule has 1 heterocycles. The third kappa shape index (κ3) is 6.07. The summed E-state index contributed by atoms with van der Waals surface area (Å²) >= 11 is 0. The van der Waals surface area contributed by atoms with Crippen molar-refractivity contribution in [3.63, 3.8) is 0 Å². The lowest BCUT2D eigenvalue weighted by Gasteiger charge is -2.19. The highest BCUT2D eigenvalue weighted by Crippen LogP contribution is 2.23. The fourth-order valence-electron chi connectivity index (χ4n) is 3.33. The number of carbonyl (C=O) groups excluding carboxylic acids is 1. The molecule has 0 bridgehead atoms. The van der Waals surface area contributed by atoms with E-state index in [9.17, 15) is 14.7 Å². The molecule has 2 N–H and O–H groups in total. The van der Waals surface area contributed by atoms with Gasteiger partial charge in [-0.2, -0.15) is 4.98 Å². The zero-order valence-corrected chi connectivity index (χ0v) is 19.8. The number of carboxylic acids is 1. The van der Waals surface area contributed by atoms with Gasteiger partial charge in [0.1, 0.15) is 6.04 Å². The van der Waals surface area contributed by atoms with Gasteiger partial charge in [0.05, 0.1) is 0 Å². The minimum Gasteiger partial charge on any atom is -0.480 e. The summed E-state index contributed by atoms with van der Waals surface area (Å²) < 4.78 is 5.32. The molecule has 0 fully saturated rings. The molecule has 3 rings (SSSR count). The van der Waals surface area contributed by atoms with Crippen molar-refractivity contribution in [1.82, 2.24) is 15.5 Å². The van der Waals surface area contributed by atoms with Gasteiger partial charge in [-0.05, 0) is 53.3 Å². The maximum Gasteiger partial charge on any atom is 0.326 e. The monoisotopic (exact) mass is 459 g/mol. The first-order valence-electron chi connectivity index (χ1n) is 11.0. The zero-order valence-electron chi connectivity index (χ0n) is 19.8. The molecule has 0 saturated carbocycles. The summed E-state index contributed by atoms with van der Waals surface area (Å²) in [5.74, 6) is -0.691. The normalized spacial score (nSPS) is 12.8. The van der Waals surface area contributed by atoms with Crippen LogP contribution in [-0.4, -0.2) is 33.2 Å². The Hall–Kier alpha value is -4.00. The van der Waals surface area contributed by atoms with Crippen LogP contribution in [0, 0.1) is 0 Å². The Kier molecular flexibility index (Phi) is 7.46. The molecule has 1 aromatic heterocycles. The smallest absolute Gasteiger partial charge is 0.326 e. The van der Waals surface area contributed by atoms with Gasteiger partial charge in [0.25, 0.3) is 11.8 Å². The second-order valence-electron chi connectivity index (χ2n) is 9.10. The van der Waals surface area contributed by atoms with Gasteiger partial charge in [0.2, 0.25) is 0 Å². The molecule has 34 heavy (non-hydrogen) atoms. The van der Waals surface area contributed by atoms with Crippen LogP contribution in [0.4, 0.5) is 0 Å². The highest BCUT2D eigenvalue weighted by atomic mass is 16.5.